The zero-order chi connectivity index (χ0) is 7.82. The zero-order valence-electron chi connectivity index (χ0n) is 5.13. The van der Waals surface area contributed by atoms with Crippen molar-refractivity contribution in [2.24, 2.45) is 0 Å². The normalized spacial score (nSPS) is 7.80. The SMILES string of the molecule is FOCl.Nc1ccccc1. The van der Waals surface area contributed by atoms with Crippen LogP contribution >= 0.6 is 11.9 Å². The van der Waals surface area contributed by atoms with Gasteiger partial charge in [-0.1, -0.05) is 22.7 Å². The summed E-state index contributed by atoms with van der Waals surface area (Å²) in [5.74, 6) is 0. The number of para-hydroxylation sites is 1. The molecule has 1 rings (SSSR count). The first-order chi connectivity index (χ1) is 4.81. The van der Waals surface area contributed by atoms with Crippen LogP contribution in [0.25, 0.3) is 0 Å². The molecule has 0 unspecified atom stereocenters. The largest absolute Gasteiger partial charge is 0.399 e. The molecule has 0 saturated heterocycles. The average molecular weight is 164 g/mol. The summed E-state index contributed by atoms with van der Waals surface area (Å²) >= 11 is 3.83. The van der Waals surface area contributed by atoms with Crippen LogP contribution in [0.5, 0.6) is 0 Å². The third-order valence-corrected chi connectivity index (χ3v) is 0.800. The predicted molar refractivity (Wildman–Crippen MR) is 38.9 cm³/mol. The van der Waals surface area contributed by atoms with Crippen LogP contribution in [0.3, 0.4) is 0 Å². The van der Waals surface area contributed by atoms with Gasteiger partial charge in [0.15, 0.2) is 0 Å². The molecule has 2 nitrogen and oxygen atoms in total. The van der Waals surface area contributed by atoms with Gasteiger partial charge in [0.05, 0.1) is 0 Å². The fourth-order valence-corrected chi connectivity index (χ4v) is 0.453. The standard InChI is InChI=1S/C6H7N.ClFO/c7-6-4-2-1-3-5-6;1-3-2/h1-5H,7H2;. The van der Waals surface area contributed by atoms with Gasteiger partial charge in [-0.15, -0.1) is 0 Å². The first kappa shape index (κ1) is 9.20. The highest BCUT2D eigenvalue weighted by Gasteiger charge is 1.72. The fourth-order valence-electron chi connectivity index (χ4n) is 0.453. The molecule has 0 aliphatic rings. The second-order valence-electron chi connectivity index (χ2n) is 1.47. The lowest BCUT2D eigenvalue weighted by molar-refractivity contribution is 0.00645. The smallest absolute Gasteiger partial charge is 0.106 e. The first-order valence-corrected chi connectivity index (χ1v) is 2.82. The van der Waals surface area contributed by atoms with Gasteiger partial charge in [-0.3, -0.25) is 0 Å². The number of hydrogen-bond acceptors (Lipinski definition) is 2. The van der Waals surface area contributed by atoms with E-state index in [0.717, 1.165) is 5.69 Å². The predicted octanol–water partition coefficient (Wildman–Crippen LogP) is 2.31. The van der Waals surface area contributed by atoms with Gasteiger partial charge in [-0.05, 0) is 16.7 Å². The van der Waals surface area contributed by atoms with Crippen molar-refractivity contribution in [2.45, 2.75) is 0 Å². The van der Waals surface area contributed by atoms with E-state index >= 15 is 0 Å². The van der Waals surface area contributed by atoms with E-state index in [4.69, 9.17) is 5.73 Å². The van der Waals surface area contributed by atoms with Gasteiger partial charge in [-0.25, -0.2) is 0 Å². The Morgan fingerprint density at radius 2 is 1.70 bits per heavy atom. The lowest BCUT2D eigenvalue weighted by atomic mass is 10.3. The van der Waals surface area contributed by atoms with E-state index < -0.39 is 0 Å². The summed E-state index contributed by atoms with van der Waals surface area (Å²) in [6.07, 6.45) is 0. The van der Waals surface area contributed by atoms with E-state index in [1.807, 2.05) is 30.3 Å². The minimum Gasteiger partial charge on any atom is -0.399 e. The molecule has 4 heteroatoms. The molecular weight excluding hydrogens is 157 g/mol. The van der Waals surface area contributed by atoms with E-state index in [9.17, 15) is 4.53 Å². The monoisotopic (exact) mass is 163 g/mol. The topological polar surface area (TPSA) is 35.2 Å². The number of benzene rings is 1. The molecule has 0 radical (unpaired) electrons. The van der Waals surface area contributed by atoms with Gasteiger partial charge in [0.25, 0.3) is 0 Å². The van der Waals surface area contributed by atoms with Crippen LogP contribution in [-0.4, -0.2) is 0 Å². The minimum atomic E-state index is 0.822. The molecule has 0 amide bonds. The van der Waals surface area contributed by atoms with E-state index in [1.165, 1.54) is 0 Å². The Hall–Kier alpha value is -0.800. The zero-order valence-corrected chi connectivity index (χ0v) is 5.88. The van der Waals surface area contributed by atoms with E-state index in [2.05, 4.69) is 16.4 Å². The number of nitrogen functional groups attached to an aromatic ring is 1. The number of halogens is 2. The molecule has 0 fully saturated rings. The van der Waals surface area contributed by atoms with Crippen molar-refractivity contribution in [3.05, 3.63) is 30.3 Å². The lowest BCUT2D eigenvalue weighted by Crippen LogP contribution is -1.79. The third-order valence-electron chi connectivity index (χ3n) is 0.800. The van der Waals surface area contributed by atoms with Crippen molar-refractivity contribution in [2.75, 3.05) is 5.73 Å². The third kappa shape index (κ3) is 5.34. The Morgan fingerprint density at radius 1 is 1.30 bits per heavy atom. The van der Waals surface area contributed by atoms with E-state index in [-0.39, 0.29) is 0 Å². The highest BCUT2D eigenvalue weighted by Crippen LogP contribution is 1.95. The van der Waals surface area contributed by atoms with Gasteiger partial charge >= 0.3 is 0 Å². The summed E-state index contributed by atoms with van der Waals surface area (Å²) in [6, 6.07) is 9.49. The Bertz CT molecular complexity index is 159. The Balaban J connectivity index is 0.000000236. The van der Waals surface area contributed by atoms with Gasteiger partial charge in [-0.2, -0.15) is 0 Å². The minimum absolute atomic E-state index is 0.822. The average Bonchev–Trinajstić information content (AvgIpc) is 1.91. The van der Waals surface area contributed by atoms with Crippen molar-refractivity contribution in [1.82, 2.24) is 0 Å². The molecule has 1 aromatic carbocycles. The highest BCUT2D eigenvalue weighted by atomic mass is 35.5. The summed E-state index contributed by atoms with van der Waals surface area (Å²) in [4.78, 5) is 0. The van der Waals surface area contributed by atoms with Crippen molar-refractivity contribution in [1.29, 1.82) is 0 Å². The molecule has 0 atom stereocenters. The summed E-state index contributed by atoms with van der Waals surface area (Å²) in [5, 5.41) is 0. The molecule has 56 valence electrons. The maximum absolute atomic E-state index is 9.56. The first-order valence-electron chi connectivity index (χ1n) is 2.51. The second kappa shape index (κ2) is 6.32. The van der Waals surface area contributed by atoms with E-state index in [1.54, 1.807) is 0 Å². The lowest BCUT2D eigenvalue weighted by Gasteiger charge is -1.83. The Labute approximate surface area is 63.4 Å². The van der Waals surface area contributed by atoms with Gasteiger partial charge in [0, 0.05) is 5.69 Å². The molecule has 10 heavy (non-hydrogen) atoms. The maximum Gasteiger partial charge on any atom is 0.106 e. The molecule has 0 saturated carbocycles. The summed E-state index contributed by atoms with van der Waals surface area (Å²) in [7, 11) is 0. The molecule has 0 aliphatic heterocycles. The molecule has 2 N–H and O–H groups in total. The summed E-state index contributed by atoms with van der Waals surface area (Å²) < 4.78 is 11.8. The number of rotatable bonds is 0. The summed E-state index contributed by atoms with van der Waals surface area (Å²) in [6.45, 7) is 0. The Kier molecular flexibility index (Phi) is 5.82. The van der Waals surface area contributed by atoms with Gasteiger partial charge < -0.3 is 5.73 Å². The van der Waals surface area contributed by atoms with Crippen LogP contribution in [0, 0.1) is 0 Å². The molecule has 0 spiro atoms. The van der Waals surface area contributed by atoms with Crippen LogP contribution in [0.4, 0.5) is 10.2 Å². The van der Waals surface area contributed by atoms with Crippen LogP contribution in [0.2, 0.25) is 0 Å². The fraction of sp³-hybridized carbons (Fsp3) is 0. The number of anilines is 1. The molecule has 1 aromatic rings. The molecule has 0 heterocycles. The van der Waals surface area contributed by atoms with Gasteiger partial charge in [0.1, 0.15) is 11.9 Å². The van der Waals surface area contributed by atoms with Gasteiger partial charge in [0.2, 0.25) is 0 Å². The quantitative estimate of drug-likeness (QED) is 0.596. The van der Waals surface area contributed by atoms with Crippen LogP contribution < -0.4 is 5.73 Å². The van der Waals surface area contributed by atoms with Crippen molar-refractivity contribution in [3.63, 3.8) is 0 Å². The number of nitrogens with two attached hydrogens (primary N) is 1. The van der Waals surface area contributed by atoms with Crippen LogP contribution in [0.15, 0.2) is 30.3 Å². The van der Waals surface area contributed by atoms with Crippen molar-refractivity contribution >= 4 is 17.6 Å². The second-order valence-corrected chi connectivity index (χ2v) is 1.59. The molecular formula is C6H7ClFNO. The number of hydrogen-bond donors (Lipinski definition) is 1. The van der Waals surface area contributed by atoms with E-state index in [0.29, 0.717) is 0 Å². The summed E-state index contributed by atoms with van der Waals surface area (Å²) in [5.41, 5.74) is 6.18. The van der Waals surface area contributed by atoms with Crippen molar-refractivity contribution in [3.8, 4) is 0 Å². The Morgan fingerprint density at radius 3 is 1.90 bits per heavy atom. The molecule has 0 aliphatic carbocycles. The van der Waals surface area contributed by atoms with Crippen LogP contribution in [0.1, 0.15) is 0 Å². The maximum atomic E-state index is 9.56. The van der Waals surface area contributed by atoms with Crippen molar-refractivity contribution < 1.29 is 9.02 Å². The van der Waals surface area contributed by atoms with Crippen LogP contribution in [-0.2, 0) is 4.49 Å². The molecule has 0 aromatic heterocycles. The highest BCUT2D eigenvalue weighted by molar-refractivity contribution is 6.06. The molecule has 0 bridgehead atoms.